The first-order chi connectivity index (χ1) is 11.5. The minimum atomic E-state index is -0.480. The zero-order valence-electron chi connectivity index (χ0n) is 14.2. The van der Waals surface area contributed by atoms with E-state index < -0.39 is 5.97 Å². The van der Waals surface area contributed by atoms with E-state index in [9.17, 15) is 9.59 Å². The van der Waals surface area contributed by atoms with Crippen molar-refractivity contribution in [2.24, 2.45) is 0 Å². The average molecular weight is 330 g/mol. The highest BCUT2D eigenvalue weighted by molar-refractivity contribution is 5.95. The van der Waals surface area contributed by atoms with Crippen molar-refractivity contribution in [2.45, 2.75) is 39.8 Å². The van der Waals surface area contributed by atoms with E-state index in [-0.39, 0.29) is 25.1 Å². The van der Waals surface area contributed by atoms with Crippen LogP contribution >= 0.6 is 0 Å². The molecule has 0 aliphatic rings. The molecule has 2 aromatic heterocycles. The van der Waals surface area contributed by atoms with E-state index in [1.807, 2.05) is 19.9 Å². The zero-order valence-corrected chi connectivity index (χ0v) is 14.2. The van der Waals surface area contributed by atoms with Crippen molar-refractivity contribution in [1.82, 2.24) is 20.1 Å². The summed E-state index contributed by atoms with van der Waals surface area (Å²) in [4.78, 5) is 28.4. The monoisotopic (exact) mass is 330 g/mol. The van der Waals surface area contributed by atoms with Crippen molar-refractivity contribution in [2.75, 3.05) is 6.61 Å². The molecule has 0 radical (unpaired) electrons. The number of carbonyl (C=O) groups is 2. The molecule has 0 bridgehead atoms. The summed E-state index contributed by atoms with van der Waals surface area (Å²) in [5.74, 6) is -0.637. The van der Waals surface area contributed by atoms with E-state index in [1.165, 1.54) is 10.9 Å². The second kappa shape index (κ2) is 8.24. The maximum Gasteiger partial charge on any atom is 0.342 e. The molecule has 0 aromatic carbocycles. The van der Waals surface area contributed by atoms with Gasteiger partial charge in [0.2, 0.25) is 5.91 Å². The van der Waals surface area contributed by atoms with Gasteiger partial charge in [-0.15, -0.1) is 0 Å². The van der Waals surface area contributed by atoms with Crippen LogP contribution in [-0.2, 0) is 16.1 Å². The van der Waals surface area contributed by atoms with Gasteiger partial charge in [-0.1, -0.05) is 13.0 Å². The van der Waals surface area contributed by atoms with Crippen LogP contribution in [0.4, 0.5) is 0 Å². The van der Waals surface area contributed by atoms with Gasteiger partial charge in [-0.2, -0.15) is 5.10 Å². The number of ether oxygens (including phenoxy) is 1. The molecule has 0 saturated heterocycles. The quantitative estimate of drug-likeness (QED) is 0.785. The third kappa shape index (κ3) is 4.41. The fraction of sp³-hybridized carbons (Fsp3) is 0.412. The molecular weight excluding hydrogens is 308 g/mol. The number of nitrogens with zero attached hydrogens (tertiary/aromatic N) is 3. The lowest BCUT2D eigenvalue weighted by Gasteiger charge is -2.10. The summed E-state index contributed by atoms with van der Waals surface area (Å²) in [7, 11) is 0. The number of hydrogen-bond donors (Lipinski definition) is 1. The van der Waals surface area contributed by atoms with E-state index in [1.54, 1.807) is 25.3 Å². The highest BCUT2D eigenvalue weighted by Gasteiger charge is 2.20. The van der Waals surface area contributed by atoms with Crippen LogP contribution in [0.3, 0.4) is 0 Å². The second-order valence-corrected chi connectivity index (χ2v) is 5.40. The maximum absolute atomic E-state index is 12.2. The highest BCUT2D eigenvalue weighted by Crippen LogP contribution is 2.20. The maximum atomic E-state index is 12.2. The molecule has 1 atom stereocenters. The van der Waals surface area contributed by atoms with E-state index in [4.69, 9.17) is 4.74 Å². The summed E-state index contributed by atoms with van der Waals surface area (Å²) >= 11 is 0. The number of rotatable bonds is 7. The van der Waals surface area contributed by atoms with Gasteiger partial charge >= 0.3 is 5.97 Å². The van der Waals surface area contributed by atoms with Crippen LogP contribution in [0.5, 0.6) is 0 Å². The molecule has 7 heteroatoms. The lowest BCUT2D eigenvalue weighted by molar-refractivity contribution is -0.122. The van der Waals surface area contributed by atoms with Crippen LogP contribution in [-0.4, -0.2) is 39.3 Å². The van der Waals surface area contributed by atoms with E-state index >= 15 is 0 Å². The first kappa shape index (κ1) is 17.7. The molecule has 7 nitrogen and oxygen atoms in total. The Kier molecular flexibility index (Phi) is 6.06. The summed E-state index contributed by atoms with van der Waals surface area (Å²) in [6.07, 6.45) is 4.00. The second-order valence-electron chi connectivity index (χ2n) is 5.40. The predicted octanol–water partition coefficient (Wildman–Crippen LogP) is 2.04. The topological polar surface area (TPSA) is 86.1 Å². The predicted molar refractivity (Wildman–Crippen MR) is 89.3 cm³/mol. The number of nitrogens with one attached hydrogen (secondary N) is 1. The lowest BCUT2D eigenvalue weighted by atomic mass is 10.2. The molecule has 2 heterocycles. The van der Waals surface area contributed by atoms with Crippen molar-refractivity contribution in [1.29, 1.82) is 0 Å². The third-order valence-corrected chi connectivity index (χ3v) is 3.49. The van der Waals surface area contributed by atoms with Crippen molar-refractivity contribution in [3.63, 3.8) is 0 Å². The molecule has 0 aliphatic carbocycles. The fourth-order valence-corrected chi connectivity index (χ4v) is 2.12. The van der Waals surface area contributed by atoms with Crippen molar-refractivity contribution < 1.29 is 14.3 Å². The van der Waals surface area contributed by atoms with Gasteiger partial charge in [-0.25, -0.2) is 4.79 Å². The van der Waals surface area contributed by atoms with Crippen LogP contribution < -0.4 is 5.32 Å². The van der Waals surface area contributed by atoms with Gasteiger partial charge in [0.1, 0.15) is 17.8 Å². The molecule has 0 fully saturated rings. The van der Waals surface area contributed by atoms with Gasteiger partial charge in [-0.3, -0.25) is 14.5 Å². The van der Waals surface area contributed by atoms with Gasteiger partial charge in [0.25, 0.3) is 0 Å². The Balaban J connectivity index is 2.28. The summed E-state index contributed by atoms with van der Waals surface area (Å²) in [5.41, 5.74) is 1.26. The van der Waals surface area contributed by atoms with Gasteiger partial charge in [-0.05, 0) is 32.4 Å². The summed E-state index contributed by atoms with van der Waals surface area (Å²) in [6.45, 7) is 5.97. The van der Waals surface area contributed by atoms with Crippen LogP contribution in [0.2, 0.25) is 0 Å². The van der Waals surface area contributed by atoms with Gasteiger partial charge < -0.3 is 10.1 Å². The molecule has 1 N–H and O–H groups in total. The number of pyridine rings is 1. The fourth-order valence-electron chi connectivity index (χ4n) is 2.12. The Morgan fingerprint density at radius 2 is 2.12 bits per heavy atom. The molecule has 2 rings (SSSR count). The van der Waals surface area contributed by atoms with Gasteiger partial charge in [0, 0.05) is 18.4 Å². The van der Waals surface area contributed by atoms with Gasteiger partial charge in [0.15, 0.2) is 0 Å². The van der Waals surface area contributed by atoms with Crippen LogP contribution in [0, 0.1) is 0 Å². The number of amides is 1. The van der Waals surface area contributed by atoms with Crippen LogP contribution in [0.25, 0.3) is 11.4 Å². The standard InChI is InChI=1S/C17H22N4O3/c1-4-12(3)19-15(22)11-21-10-13(17(23)24-5-2)16(20-21)14-8-6-7-9-18-14/h6-10,12H,4-5,11H2,1-3H3,(H,19,22). The summed E-state index contributed by atoms with van der Waals surface area (Å²) in [5, 5.41) is 7.22. The van der Waals surface area contributed by atoms with Crippen molar-refractivity contribution >= 4 is 11.9 Å². The Hall–Kier alpha value is -2.70. The van der Waals surface area contributed by atoms with E-state index in [0.29, 0.717) is 17.0 Å². The normalized spacial score (nSPS) is 11.8. The molecule has 0 saturated carbocycles. The Labute approximate surface area is 141 Å². The minimum absolute atomic E-state index is 0.0313. The van der Waals surface area contributed by atoms with Crippen LogP contribution in [0.15, 0.2) is 30.6 Å². The third-order valence-electron chi connectivity index (χ3n) is 3.49. The Bertz CT molecular complexity index is 697. The summed E-state index contributed by atoms with van der Waals surface area (Å²) < 4.78 is 6.51. The first-order valence-electron chi connectivity index (χ1n) is 8.00. The molecule has 0 aliphatic heterocycles. The number of carbonyl (C=O) groups excluding carboxylic acids is 2. The first-order valence-corrected chi connectivity index (χ1v) is 8.00. The molecular formula is C17H22N4O3. The van der Waals surface area contributed by atoms with E-state index in [0.717, 1.165) is 6.42 Å². The molecule has 0 spiro atoms. The summed E-state index contributed by atoms with van der Waals surface area (Å²) in [6, 6.07) is 5.44. The van der Waals surface area contributed by atoms with Crippen molar-refractivity contribution in [3.05, 3.63) is 36.2 Å². The number of esters is 1. The smallest absolute Gasteiger partial charge is 0.342 e. The largest absolute Gasteiger partial charge is 0.462 e. The molecule has 2 aromatic rings. The highest BCUT2D eigenvalue weighted by atomic mass is 16.5. The number of aromatic nitrogens is 3. The molecule has 128 valence electrons. The van der Waals surface area contributed by atoms with Crippen LogP contribution in [0.1, 0.15) is 37.6 Å². The molecule has 1 amide bonds. The zero-order chi connectivity index (χ0) is 17.5. The molecule has 24 heavy (non-hydrogen) atoms. The minimum Gasteiger partial charge on any atom is -0.462 e. The SMILES string of the molecule is CCOC(=O)c1cn(CC(=O)NC(C)CC)nc1-c1ccccn1. The van der Waals surface area contributed by atoms with Gasteiger partial charge in [0.05, 0.1) is 12.3 Å². The average Bonchev–Trinajstić information content (AvgIpc) is 2.99. The lowest BCUT2D eigenvalue weighted by Crippen LogP contribution is -2.34. The Morgan fingerprint density at radius 3 is 2.75 bits per heavy atom. The van der Waals surface area contributed by atoms with E-state index in [2.05, 4.69) is 15.4 Å². The Morgan fingerprint density at radius 1 is 1.33 bits per heavy atom. The number of hydrogen-bond acceptors (Lipinski definition) is 5. The van der Waals surface area contributed by atoms with Crippen molar-refractivity contribution in [3.8, 4) is 11.4 Å². The molecule has 1 unspecified atom stereocenters.